The summed E-state index contributed by atoms with van der Waals surface area (Å²) >= 11 is 41.8. The first-order valence-corrected chi connectivity index (χ1v) is 7.65. The van der Waals surface area contributed by atoms with Crippen molar-refractivity contribution in [1.29, 1.82) is 0 Å². The second kappa shape index (κ2) is 20.8. The molecule has 0 saturated carbocycles. The van der Waals surface area contributed by atoms with Gasteiger partial charge in [0.15, 0.2) is 0 Å². The predicted octanol–water partition coefficient (Wildman–Crippen LogP) is -21.9. The zero-order valence-electron chi connectivity index (χ0n) is 16.3. The molecule has 0 unspecified atom stereocenters. The van der Waals surface area contributed by atoms with Gasteiger partial charge in [-0.1, -0.05) is 10.8 Å². The first-order chi connectivity index (χ1) is 8.29. The van der Waals surface area contributed by atoms with E-state index < -0.39 is 0 Å². The zero-order valence-corrected chi connectivity index (χ0v) is 22.8. The van der Waals surface area contributed by atoms with Crippen molar-refractivity contribution in [2.45, 2.75) is 39.2 Å². The molecule has 2 aromatic carbocycles. The quantitative estimate of drug-likeness (QED) is 0.294. The minimum absolute atomic E-state index is 0. The molecule has 0 aliphatic rings. The number of benzene rings is 2. The van der Waals surface area contributed by atoms with Gasteiger partial charge in [-0.2, -0.15) is 19.6 Å². The van der Waals surface area contributed by atoms with E-state index in [0.29, 0.717) is 49.9 Å². The average molecular weight is 432 g/mol. The normalized spacial score (nSPS) is 7.54. The first-order valence-electron chi connectivity index (χ1n) is 4.38. The van der Waals surface area contributed by atoms with Gasteiger partial charge < -0.3 is 101 Å². The molecule has 0 aromatic heterocycles. The number of hydrogen-bond acceptors (Lipinski definition) is 8. The van der Waals surface area contributed by atoms with Crippen molar-refractivity contribution in [2.24, 2.45) is 0 Å². The van der Waals surface area contributed by atoms with Crippen LogP contribution in [0.15, 0.2) is 39.2 Å². The Kier molecular flexibility index (Phi) is 38.9. The molecule has 0 amide bonds. The van der Waals surface area contributed by atoms with E-state index in [9.17, 15) is 0 Å². The van der Waals surface area contributed by atoms with Crippen molar-refractivity contribution >= 4 is 112 Å². The summed E-state index contributed by atoms with van der Waals surface area (Å²) in [6.07, 6.45) is 0. The Morgan fingerprint density at radius 2 is 0.346 bits per heavy atom. The van der Waals surface area contributed by atoms with Crippen LogP contribution in [0.1, 0.15) is 0 Å². The minimum Gasteiger partial charge on any atom is -0.783 e. The second-order valence-electron chi connectivity index (χ2n) is 3.38. The summed E-state index contributed by atoms with van der Waals surface area (Å²) in [4.78, 5) is 3.06. The van der Waals surface area contributed by atoms with E-state index in [1.54, 1.807) is 0 Å². The monoisotopic (exact) mass is 432 g/mol. The van der Waals surface area contributed by atoms with Crippen LogP contribution in [0.5, 0.6) is 0 Å². The Morgan fingerprint density at radius 3 is 0.462 bits per heavy atom. The Balaban J connectivity index is -0.0000000902. The van der Waals surface area contributed by atoms with E-state index in [2.05, 4.69) is 0 Å². The van der Waals surface area contributed by atoms with Crippen LogP contribution in [0.2, 0.25) is 0 Å². The topological polar surface area (TPSA) is 0 Å². The van der Waals surface area contributed by atoms with E-state index in [0.717, 1.165) is 0 Å². The molecule has 0 heterocycles. The first kappa shape index (κ1) is 48.6. The Hall–Kier alpha value is 5.24. The van der Waals surface area contributed by atoms with Crippen LogP contribution >= 0.6 is 0 Å². The van der Waals surface area contributed by atoms with Crippen molar-refractivity contribution in [3.8, 4) is 0 Å². The summed E-state index contributed by atoms with van der Waals surface area (Å²) in [5, 5.41) is 1.12. The predicted molar refractivity (Wildman–Crippen MR) is 89.0 cm³/mol. The zero-order chi connectivity index (χ0) is 13.8. The van der Waals surface area contributed by atoms with E-state index in [1.165, 1.54) is 0 Å². The van der Waals surface area contributed by atoms with Crippen LogP contribution in [-0.4, -0.2) is 0 Å². The van der Waals surface area contributed by atoms with Crippen molar-refractivity contribution in [3.05, 3.63) is 0 Å². The Morgan fingerprint density at radius 1 is 0.231 bits per heavy atom. The second-order valence-corrected chi connectivity index (χ2v) is 6.65. The molecular formula is C10Li8S8. The van der Waals surface area contributed by atoms with Gasteiger partial charge in [-0.3, -0.25) is 0 Å². The van der Waals surface area contributed by atoms with Gasteiger partial charge in [-0.25, -0.2) is 19.6 Å². The SMILES string of the molecule is [Li+].[Li+].[Li+].[Li+].[Li+].[Li+].[Li+].[Li+].[S-]c1c([S-])c([S-])c2c([S-])c([S-])c([S-])c([S-])c2c1[S-]. The summed E-state index contributed by atoms with van der Waals surface area (Å²) in [6, 6.07) is 0. The van der Waals surface area contributed by atoms with Gasteiger partial charge in [0.25, 0.3) is 0 Å². The average Bonchev–Trinajstić information content (AvgIpc) is 2.35. The molecule has 26 heavy (non-hydrogen) atoms. The van der Waals surface area contributed by atoms with Gasteiger partial charge in [0.1, 0.15) is 0 Å². The third kappa shape index (κ3) is 9.62. The fourth-order valence-corrected chi connectivity index (χ4v) is 3.96. The summed E-state index contributed by atoms with van der Waals surface area (Å²) in [6.45, 7) is 0. The molecule has 96 valence electrons. The molecule has 0 aliphatic heterocycles. The van der Waals surface area contributed by atoms with Gasteiger partial charge in [0, 0.05) is 0 Å². The van der Waals surface area contributed by atoms with E-state index >= 15 is 0 Å². The summed E-state index contributed by atoms with van der Waals surface area (Å²) in [5.41, 5.74) is 0. The third-order valence-electron chi connectivity index (χ3n) is 2.40. The maximum absolute atomic E-state index is 5.28. The van der Waals surface area contributed by atoms with Gasteiger partial charge in [-0.15, -0.1) is 0 Å². The fraction of sp³-hybridized carbons (Fsp3) is 0. The summed E-state index contributed by atoms with van der Waals surface area (Å²) in [7, 11) is 0. The largest absolute Gasteiger partial charge is 1.00 e. The Labute approximate surface area is 296 Å². The molecule has 0 spiro atoms. The summed E-state index contributed by atoms with van der Waals surface area (Å²) < 4.78 is 0. The van der Waals surface area contributed by atoms with Crippen molar-refractivity contribution in [2.75, 3.05) is 0 Å². The molecule has 0 bridgehead atoms. The molecule has 0 nitrogen and oxygen atoms in total. The van der Waals surface area contributed by atoms with E-state index in [4.69, 9.17) is 101 Å². The Bertz CT molecular complexity index is 586. The van der Waals surface area contributed by atoms with Gasteiger partial charge in [0.05, 0.1) is 0 Å². The van der Waals surface area contributed by atoms with Crippen LogP contribution in [0, 0.1) is 0 Å². The fourth-order valence-electron chi connectivity index (χ4n) is 1.53. The smallest absolute Gasteiger partial charge is 0.783 e. The number of fused-ring (bicyclic) bond motifs is 1. The molecule has 0 N–H and O–H groups in total. The van der Waals surface area contributed by atoms with Gasteiger partial charge >= 0.3 is 151 Å². The molecule has 16 heteroatoms. The van der Waals surface area contributed by atoms with Crippen LogP contribution in [0.3, 0.4) is 0 Å². The molecule has 2 rings (SSSR count). The van der Waals surface area contributed by atoms with Crippen molar-refractivity contribution in [1.82, 2.24) is 0 Å². The van der Waals surface area contributed by atoms with Gasteiger partial charge in [-0.05, 0) is 0 Å². The van der Waals surface area contributed by atoms with Crippen LogP contribution in [-0.2, 0) is 101 Å². The van der Waals surface area contributed by atoms with Crippen LogP contribution in [0.25, 0.3) is 10.8 Å². The van der Waals surface area contributed by atoms with Crippen molar-refractivity contribution < 1.29 is 151 Å². The molecular weight excluding hydrogens is 432 g/mol. The maximum Gasteiger partial charge on any atom is 1.00 e. The molecule has 0 saturated heterocycles. The standard InChI is InChI=1S/C10H8S8.8Li/c11-3-1-2(5(13)9(17)7(3)15)6(14)10(18)8(16)4(1)12;;;;;;;;/h11-18H;;;;;;;;/q;8*+1/p-8. The van der Waals surface area contributed by atoms with E-state index in [-0.39, 0.29) is 151 Å². The van der Waals surface area contributed by atoms with Crippen LogP contribution < -0.4 is 151 Å². The molecule has 0 fully saturated rings. The number of hydrogen-bond donors (Lipinski definition) is 0. The van der Waals surface area contributed by atoms with Gasteiger partial charge in [0.2, 0.25) is 0 Å². The minimum atomic E-state index is 0. The molecule has 0 aliphatic carbocycles. The molecule has 0 atom stereocenters. The van der Waals surface area contributed by atoms with E-state index in [1.807, 2.05) is 0 Å². The maximum atomic E-state index is 5.28. The summed E-state index contributed by atoms with van der Waals surface area (Å²) in [5.74, 6) is 0. The number of rotatable bonds is 0. The van der Waals surface area contributed by atoms with Crippen molar-refractivity contribution in [3.63, 3.8) is 0 Å². The molecule has 0 radical (unpaired) electrons. The van der Waals surface area contributed by atoms with Crippen LogP contribution in [0.4, 0.5) is 0 Å². The molecule has 2 aromatic rings. The third-order valence-corrected chi connectivity index (χ3v) is 6.44.